The number of carbonyl (C=O) groups is 1. The highest BCUT2D eigenvalue weighted by Gasteiger charge is 2.25. The largest absolute Gasteiger partial charge is 0.350 e. The molecule has 0 saturated heterocycles. The first-order valence-corrected chi connectivity index (χ1v) is 7.77. The first-order valence-electron chi connectivity index (χ1n) is 7.77. The van der Waals surface area contributed by atoms with E-state index in [-0.39, 0.29) is 17.8 Å². The number of nitrogens with zero attached hydrogens (tertiary/aromatic N) is 1. The molecule has 0 saturated carbocycles. The van der Waals surface area contributed by atoms with Gasteiger partial charge in [-0.1, -0.05) is 24.3 Å². The van der Waals surface area contributed by atoms with Crippen LogP contribution in [0.4, 0.5) is 4.39 Å². The molecular formula is C19H17FN2O. The molecule has 0 aliphatic heterocycles. The molecule has 1 aromatic heterocycles. The molecule has 4 heteroatoms. The van der Waals surface area contributed by atoms with Crippen LogP contribution in [0.15, 0.2) is 48.7 Å². The molecule has 0 spiro atoms. The average molecular weight is 308 g/mol. The number of hydrogen-bond acceptors (Lipinski definition) is 1. The second kappa shape index (κ2) is 5.23. The number of hydrogen-bond donors (Lipinski definition) is 1. The van der Waals surface area contributed by atoms with Crippen molar-refractivity contribution in [3.8, 4) is 0 Å². The van der Waals surface area contributed by atoms with Gasteiger partial charge in [0.1, 0.15) is 5.82 Å². The van der Waals surface area contributed by atoms with Gasteiger partial charge in [-0.3, -0.25) is 4.79 Å². The lowest BCUT2D eigenvalue weighted by Gasteiger charge is -2.13. The maximum atomic E-state index is 13.3. The van der Waals surface area contributed by atoms with Crippen molar-refractivity contribution in [1.29, 1.82) is 0 Å². The molecule has 0 fully saturated rings. The Morgan fingerprint density at radius 2 is 2.09 bits per heavy atom. The number of benzene rings is 2. The molecule has 0 bridgehead atoms. The van der Waals surface area contributed by atoms with Crippen molar-refractivity contribution in [2.75, 3.05) is 0 Å². The van der Waals surface area contributed by atoms with Crippen LogP contribution in [-0.4, -0.2) is 10.5 Å². The summed E-state index contributed by atoms with van der Waals surface area (Å²) in [7, 11) is 1.94. The predicted molar refractivity (Wildman–Crippen MR) is 87.8 cm³/mol. The van der Waals surface area contributed by atoms with Gasteiger partial charge in [0.2, 0.25) is 0 Å². The van der Waals surface area contributed by atoms with Crippen LogP contribution in [0.1, 0.15) is 33.9 Å². The first-order chi connectivity index (χ1) is 11.1. The summed E-state index contributed by atoms with van der Waals surface area (Å²) in [5.74, 6) is -0.297. The van der Waals surface area contributed by atoms with E-state index in [9.17, 15) is 9.18 Å². The Kier molecular flexibility index (Phi) is 3.18. The van der Waals surface area contributed by atoms with E-state index in [4.69, 9.17) is 0 Å². The summed E-state index contributed by atoms with van der Waals surface area (Å²) < 4.78 is 15.3. The Balaban J connectivity index is 1.64. The number of fused-ring (bicyclic) bond motifs is 2. The number of aryl methyl sites for hydroxylation is 2. The zero-order valence-corrected chi connectivity index (χ0v) is 12.8. The standard InChI is InChI=1S/C19H17FN2O/c1-22-11-16(15-4-2-3-5-18(15)22)19(23)21-17-9-6-12-10-13(20)7-8-14(12)17/h2-5,7-8,10-11,17H,6,9H2,1H3,(H,21,23). The van der Waals surface area contributed by atoms with E-state index in [1.165, 1.54) is 6.07 Å². The highest BCUT2D eigenvalue weighted by molar-refractivity contribution is 6.07. The van der Waals surface area contributed by atoms with E-state index in [1.807, 2.05) is 42.1 Å². The molecule has 2 aromatic carbocycles. The van der Waals surface area contributed by atoms with E-state index in [0.29, 0.717) is 5.56 Å². The SMILES string of the molecule is Cn1cc(C(=O)NC2CCc3cc(F)ccc32)c2ccccc21. The van der Waals surface area contributed by atoms with Crippen LogP contribution in [0.5, 0.6) is 0 Å². The van der Waals surface area contributed by atoms with E-state index >= 15 is 0 Å². The quantitative estimate of drug-likeness (QED) is 0.769. The predicted octanol–water partition coefficient (Wildman–Crippen LogP) is 3.73. The molecule has 1 aliphatic rings. The maximum Gasteiger partial charge on any atom is 0.253 e. The topological polar surface area (TPSA) is 34.0 Å². The molecule has 3 nitrogen and oxygen atoms in total. The van der Waals surface area contributed by atoms with Crippen LogP contribution in [0.25, 0.3) is 10.9 Å². The maximum absolute atomic E-state index is 13.3. The van der Waals surface area contributed by atoms with Gasteiger partial charge >= 0.3 is 0 Å². The molecule has 1 amide bonds. The minimum atomic E-state index is -0.218. The number of aromatic nitrogens is 1. The Labute approximate surface area is 133 Å². The number of amides is 1. The van der Waals surface area contributed by atoms with Gasteiger partial charge in [-0.15, -0.1) is 0 Å². The third-order valence-electron chi connectivity index (χ3n) is 4.63. The molecule has 1 aliphatic carbocycles. The van der Waals surface area contributed by atoms with Gasteiger partial charge in [0.25, 0.3) is 5.91 Å². The van der Waals surface area contributed by atoms with Gasteiger partial charge in [-0.2, -0.15) is 0 Å². The fourth-order valence-electron chi connectivity index (χ4n) is 3.49. The van der Waals surface area contributed by atoms with Gasteiger partial charge in [0, 0.05) is 24.1 Å². The van der Waals surface area contributed by atoms with Crippen molar-refractivity contribution in [2.45, 2.75) is 18.9 Å². The third-order valence-corrected chi connectivity index (χ3v) is 4.63. The van der Waals surface area contributed by atoms with Crippen molar-refractivity contribution < 1.29 is 9.18 Å². The molecule has 23 heavy (non-hydrogen) atoms. The van der Waals surface area contributed by atoms with Gasteiger partial charge in [-0.25, -0.2) is 4.39 Å². The van der Waals surface area contributed by atoms with Gasteiger partial charge in [0.15, 0.2) is 0 Å². The smallest absolute Gasteiger partial charge is 0.253 e. The lowest BCUT2D eigenvalue weighted by atomic mass is 10.1. The summed E-state index contributed by atoms with van der Waals surface area (Å²) in [4.78, 5) is 12.7. The summed E-state index contributed by atoms with van der Waals surface area (Å²) in [5, 5.41) is 4.05. The number of nitrogens with one attached hydrogen (secondary N) is 1. The van der Waals surface area contributed by atoms with Crippen molar-refractivity contribution in [3.05, 3.63) is 71.2 Å². The van der Waals surface area contributed by atoms with E-state index in [0.717, 1.165) is 34.9 Å². The van der Waals surface area contributed by atoms with Crippen LogP contribution in [0.3, 0.4) is 0 Å². The fourth-order valence-corrected chi connectivity index (χ4v) is 3.49. The molecule has 1 N–H and O–H groups in total. The Bertz CT molecular complexity index is 913. The van der Waals surface area contributed by atoms with E-state index in [2.05, 4.69) is 5.32 Å². The number of rotatable bonds is 2. The van der Waals surface area contributed by atoms with Crippen molar-refractivity contribution >= 4 is 16.8 Å². The second-order valence-corrected chi connectivity index (χ2v) is 6.08. The number of carbonyl (C=O) groups excluding carboxylic acids is 1. The van der Waals surface area contributed by atoms with Gasteiger partial charge < -0.3 is 9.88 Å². The molecule has 3 aromatic rings. The van der Waals surface area contributed by atoms with Crippen molar-refractivity contribution in [3.63, 3.8) is 0 Å². The Morgan fingerprint density at radius 1 is 1.26 bits per heavy atom. The molecule has 0 radical (unpaired) electrons. The molecule has 1 heterocycles. The average Bonchev–Trinajstić information content (AvgIpc) is 3.09. The van der Waals surface area contributed by atoms with E-state index < -0.39 is 0 Å². The minimum absolute atomic E-state index is 0.0444. The van der Waals surface area contributed by atoms with Crippen molar-refractivity contribution in [2.24, 2.45) is 7.05 Å². The summed E-state index contributed by atoms with van der Waals surface area (Å²) >= 11 is 0. The Hall–Kier alpha value is -2.62. The third kappa shape index (κ3) is 2.31. The zero-order valence-electron chi connectivity index (χ0n) is 12.8. The molecule has 1 atom stereocenters. The number of para-hydroxylation sites is 1. The molecule has 4 rings (SSSR count). The summed E-state index contributed by atoms with van der Waals surface area (Å²) in [5.41, 5.74) is 3.73. The minimum Gasteiger partial charge on any atom is -0.350 e. The Morgan fingerprint density at radius 3 is 2.96 bits per heavy atom. The first kappa shape index (κ1) is 14.0. The lowest BCUT2D eigenvalue weighted by molar-refractivity contribution is 0.0938. The summed E-state index contributed by atoms with van der Waals surface area (Å²) in [6.45, 7) is 0. The van der Waals surface area contributed by atoms with E-state index in [1.54, 1.807) is 12.1 Å². The van der Waals surface area contributed by atoms with Crippen LogP contribution in [-0.2, 0) is 13.5 Å². The zero-order chi connectivity index (χ0) is 16.0. The molecule has 116 valence electrons. The normalized spacial score (nSPS) is 16.5. The van der Waals surface area contributed by atoms with Crippen LogP contribution in [0, 0.1) is 5.82 Å². The monoisotopic (exact) mass is 308 g/mol. The number of halogens is 1. The molecular weight excluding hydrogens is 291 g/mol. The summed E-state index contributed by atoms with van der Waals surface area (Å²) in [6.07, 6.45) is 3.48. The fraction of sp³-hybridized carbons (Fsp3) is 0.211. The summed E-state index contributed by atoms with van der Waals surface area (Å²) in [6, 6.07) is 12.6. The van der Waals surface area contributed by atoms with Crippen LogP contribution < -0.4 is 5.32 Å². The highest BCUT2D eigenvalue weighted by atomic mass is 19.1. The van der Waals surface area contributed by atoms with Crippen molar-refractivity contribution in [1.82, 2.24) is 9.88 Å². The van der Waals surface area contributed by atoms with Crippen LogP contribution >= 0.6 is 0 Å². The van der Waals surface area contributed by atoms with Crippen LogP contribution in [0.2, 0.25) is 0 Å². The highest BCUT2D eigenvalue weighted by Crippen LogP contribution is 2.32. The van der Waals surface area contributed by atoms with Gasteiger partial charge in [-0.05, 0) is 42.2 Å². The van der Waals surface area contributed by atoms with Gasteiger partial charge in [0.05, 0.1) is 11.6 Å². The second-order valence-electron chi connectivity index (χ2n) is 6.08. The lowest BCUT2D eigenvalue weighted by Crippen LogP contribution is -2.27. The molecule has 1 unspecified atom stereocenters.